The lowest BCUT2D eigenvalue weighted by molar-refractivity contribution is -0.137. The molecule has 174 valence electrons. The van der Waals surface area contributed by atoms with Gasteiger partial charge in [0, 0.05) is 18.8 Å². The van der Waals surface area contributed by atoms with Crippen molar-refractivity contribution < 1.29 is 23.1 Å². The third-order valence-corrected chi connectivity index (χ3v) is 6.27. The summed E-state index contributed by atoms with van der Waals surface area (Å²) in [6.07, 6.45) is 3.00. The number of carboxylic acids is 1. The number of aliphatic carboxylic acids is 1. The number of carboxylic acid groups (broad SMARTS) is 1. The van der Waals surface area contributed by atoms with Gasteiger partial charge in [0.25, 0.3) is 0 Å². The Balaban J connectivity index is 1.55. The Morgan fingerprint density at radius 3 is 2.52 bits per heavy atom. The van der Waals surface area contributed by atoms with Gasteiger partial charge in [-0.3, -0.25) is 4.79 Å². The molecule has 1 unspecified atom stereocenters. The van der Waals surface area contributed by atoms with Crippen LogP contribution in [0.25, 0.3) is 0 Å². The largest absolute Gasteiger partial charge is 0.494 e. The second kappa shape index (κ2) is 12.0. The molecular weight excluding hydrogens is 442 g/mol. The number of nitrogens with one attached hydrogen (secondary N) is 2. The predicted molar refractivity (Wildman–Crippen MR) is 126 cm³/mol. The highest BCUT2D eigenvalue weighted by Gasteiger charge is 2.24. The number of unbranched alkanes of at least 4 members (excludes halogenated alkanes) is 1. The van der Waals surface area contributed by atoms with Crippen molar-refractivity contribution in [3.63, 3.8) is 0 Å². The minimum absolute atomic E-state index is 0.0168. The number of anilines is 1. The zero-order chi connectivity index (χ0) is 23.5. The second-order valence-corrected chi connectivity index (χ2v) is 9.07. The van der Waals surface area contributed by atoms with Gasteiger partial charge in [-0.15, -0.1) is 0 Å². The van der Waals surface area contributed by atoms with Crippen molar-refractivity contribution in [2.24, 2.45) is 0 Å². The fourth-order valence-electron chi connectivity index (χ4n) is 3.17. The van der Waals surface area contributed by atoms with E-state index in [1.165, 1.54) is 12.1 Å². The van der Waals surface area contributed by atoms with Crippen LogP contribution in [0.1, 0.15) is 30.9 Å². The summed E-state index contributed by atoms with van der Waals surface area (Å²) in [5.41, 5.74) is 0.579. The fourth-order valence-corrected chi connectivity index (χ4v) is 4.43. The van der Waals surface area contributed by atoms with Crippen LogP contribution < -0.4 is 14.8 Å². The van der Waals surface area contributed by atoms with Crippen LogP contribution in [0.5, 0.6) is 5.75 Å². The van der Waals surface area contributed by atoms with Crippen LogP contribution in [0.4, 0.5) is 5.82 Å². The highest BCUT2D eigenvalue weighted by molar-refractivity contribution is 7.89. The Hall–Kier alpha value is -3.43. The van der Waals surface area contributed by atoms with Gasteiger partial charge in [0.05, 0.1) is 24.0 Å². The predicted octanol–water partition coefficient (Wildman–Crippen LogP) is 3.85. The Labute approximate surface area is 193 Å². The molecule has 0 bridgehead atoms. The number of aromatic nitrogens is 1. The molecule has 0 aliphatic carbocycles. The van der Waals surface area contributed by atoms with Crippen LogP contribution in [0.2, 0.25) is 0 Å². The lowest BCUT2D eigenvalue weighted by atomic mass is 10.1. The van der Waals surface area contributed by atoms with Crippen molar-refractivity contribution in [2.45, 2.75) is 30.2 Å². The Bertz CT molecular complexity index is 1130. The number of ether oxygens (including phenoxy) is 1. The van der Waals surface area contributed by atoms with Gasteiger partial charge >= 0.3 is 5.97 Å². The number of pyridine rings is 1. The smallest absolute Gasteiger partial charge is 0.305 e. The van der Waals surface area contributed by atoms with E-state index in [-0.39, 0.29) is 11.3 Å². The second-order valence-electron chi connectivity index (χ2n) is 7.35. The molecule has 3 N–H and O–H groups in total. The first-order valence-corrected chi connectivity index (χ1v) is 12.1. The first-order valence-electron chi connectivity index (χ1n) is 10.6. The summed E-state index contributed by atoms with van der Waals surface area (Å²) in [6.45, 7) is 1.19. The van der Waals surface area contributed by atoms with Gasteiger partial charge in [0.1, 0.15) is 11.6 Å². The van der Waals surface area contributed by atoms with Gasteiger partial charge in [-0.05, 0) is 42.7 Å². The van der Waals surface area contributed by atoms with E-state index in [0.717, 1.165) is 25.2 Å². The summed E-state index contributed by atoms with van der Waals surface area (Å²) in [5, 5.41) is 12.4. The lowest BCUT2D eigenvalue weighted by Crippen LogP contribution is -2.30. The molecule has 0 aliphatic heterocycles. The van der Waals surface area contributed by atoms with Gasteiger partial charge in [0.2, 0.25) is 10.0 Å². The molecule has 1 heterocycles. The Morgan fingerprint density at radius 1 is 1.00 bits per heavy atom. The topological polar surface area (TPSA) is 118 Å². The zero-order valence-electron chi connectivity index (χ0n) is 18.1. The zero-order valence-corrected chi connectivity index (χ0v) is 18.9. The third kappa shape index (κ3) is 7.89. The number of nitrogens with zero attached hydrogens (tertiary/aromatic N) is 1. The summed E-state index contributed by atoms with van der Waals surface area (Å²) < 4.78 is 34.1. The molecule has 0 spiro atoms. The van der Waals surface area contributed by atoms with E-state index in [0.29, 0.717) is 17.9 Å². The summed E-state index contributed by atoms with van der Waals surface area (Å²) in [5.74, 6) is 0.159. The summed E-state index contributed by atoms with van der Waals surface area (Å²) in [6, 6.07) is 19.6. The molecule has 0 saturated heterocycles. The third-order valence-electron chi connectivity index (χ3n) is 4.80. The van der Waals surface area contributed by atoms with E-state index in [9.17, 15) is 18.3 Å². The summed E-state index contributed by atoms with van der Waals surface area (Å²) in [4.78, 5) is 15.5. The van der Waals surface area contributed by atoms with Crippen LogP contribution in [-0.4, -0.2) is 37.6 Å². The first kappa shape index (κ1) is 24.2. The molecule has 2 aromatic carbocycles. The normalized spacial score (nSPS) is 12.1. The van der Waals surface area contributed by atoms with E-state index in [4.69, 9.17) is 4.74 Å². The summed E-state index contributed by atoms with van der Waals surface area (Å²) in [7, 11) is -3.96. The Kier molecular flexibility index (Phi) is 8.79. The fraction of sp³-hybridized carbons (Fsp3) is 0.250. The van der Waals surface area contributed by atoms with Crippen LogP contribution in [0.15, 0.2) is 83.9 Å². The van der Waals surface area contributed by atoms with E-state index in [1.807, 2.05) is 18.2 Å². The first-order chi connectivity index (χ1) is 15.9. The number of benzene rings is 2. The maximum atomic E-state index is 12.9. The van der Waals surface area contributed by atoms with E-state index < -0.39 is 22.0 Å². The van der Waals surface area contributed by atoms with Crippen molar-refractivity contribution in [1.29, 1.82) is 0 Å². The Morgan fingerprint density at radius 2 is 1.79 bits per heavy atom. The molecular formula is C24H27N3O5S. The van der Waals surface area contributed by atoms with Gasteiger partial charge in [0.15, 0.2) is 0 Å². The molecule has 33 heavy (non-hydrogen) atoms. The molecule has 0 radical (unpaired) electrons. The number of rotatable bonds is 13. The minimum Gasteiger partial charge on any atom is -0.494 e. The van der Waals surface area contributed by atoms with Crippen molar-refractivity contribution in [2.75, 3.05) is 18.5 Å². The van der Waals surface area contributed by atoms with Crippen LogP contribution in [-0.2, 0) is 14.8 Å². The van der Waals surface area contributed by atoms with Crippen LogP contribution in [0, 0.1) is 0 Å². The highest BCUT2D eigenvalue weighted by atomic mass is 32.2. The van der Waals surface area contributed by atoms with E-state index >= 15 is 0 Å². The standard InChI is InChI=1S/C24H27N3O5S/c28-24(29)18-22(19-9-2-1-3-10-19)27-33(30,31)21-12-8-11-20(17-21)32-16-7-6-15-26-23-13-4-5-14-25-23/h1-5,8-14,17,22,27H,6-7,15-16,18H2,(H,25,26)(H,28,29). The van der Waals surface area contributed by atoms with Gasteiger partial charge in [-0.25, -0.2) is 18.1 Å². The lowest BCUT2D eigenvalue weighted by Gasteiger charge is -2.18. The minimum atomic E-state index is -3.96. The molecule has 9 heteroatoms. The van der Waals surface area contributed by atoms with Crippen molar-refractivity contribution in [3.8, 4) is 5.75 Å². The highest BCUT2D eigenvalue weighted by Crippen LogP contribution is 2.23. The van der Waals surface area contributed by atoms with E-state index in [1.54, 1.807) is 48.7 Å². The molecule has 1 aromatic heterocycles. The van der Waals surface area contributed by atoms with Crippen molar-refractivity contribution >= 4 is 21.8 Å². The van der Waals surface area contributed by atoms with Crippen LogP contribution >= 0.6 is 0 Å². The molecule has 0 saturated carbocycles. The number of hydrogen-bond acceptors (Lipinski definition) is 6. The SMILES string of the molecule is O=C(O)CC(NS(=O)(=O)c1cccc(OCCCCNc2ccccn2)c1)c1ccccc1. The van der Waals surface area contributed by atoms with Gasteiger partial charge in [-0.1, -0.05) is 42.5 Å². The molecule has 3 aromatic rings. The molecule has 1 atom stereocenters. The molecule has 3 rings (SSSR count). The average Bonchev–Trinajstić information content (AvgIpc) is 2.82. The van der Waals surface area contributed by atoms with Gasteiger partial charge < -0.3 is 15.2 Å². The van der Waals surface area contributed by atoms with Gasteiger partial charge in [-0.2, -0.15) is 0 Å². The quantitative estimate of drug-likeness (QED) is 0.326. The van der Waals surface area contributed by atoms with Crippen molar-refractivity contribution in [3.05, 3.63) is 84.6 Å². The molecule has 0 aliphatic rings. The summed E-state index contributed by atoms with van der Waals surface area (Å²) >= 11 is 0. The average molecular weight is 470 g/mol. The van der Waals surface area contributed by atoms with E-state index in [2.05, 4.69) is 15.0 Å². The molecule has 0 amide bonds. The molecule has 0 fully saturated rings. The maximum absolute atomic E-state index is 12.9. The maximum Gasteiger partial charge on any atom is 0.305 e. The molecule has 8 nitrogen and oxygen atoms in total. The van der Waals surface area contributed by atoms with Crippen molar-refractivity contribution in [1.82, 2.24) is 9.71 Å². The number of carbonyl (C=O) groups is 1. The number of hydrogen-bond donors (Lipinski definition) is 3. The monoisotopic (exact) mass is 469 g/mol. The van der Waals surface area contributed by atoms with Crippen LogP contribution in [0.3, 0.4) is 0 Å². The number of sulfonamides is 1.